The number of guanidine groups is 1. The van der Waals surface area contributed by atoms with Crippen LogP contribution in [0.2, 0.25) is 0 Å². The fourth-order valence-electron chi connectivity index (χ4n) is 3.07. The van der Waals surface area contributed by atoms with Crippen molar-refractivity contribution in [2.24, 2.45) is 12.0 Å². The third-order valence-electron chi connectivity index (χ3n) is 4.39. The van der Waals surface area contributed by atoms with Crippen LogP contribution in [-0.2, 0) is 7.05 Å². The van der Waals surface area contributed by atoms with E-state index < -0.39 is 0 Å². The molecule has 3 rings (SSSR count). The summed E-state index contributed by atoms with van der Waals surface area (Å²) in [4.78, 5) is 26.4. The van der Waals surface area contributed by atoms with Crippen LogP contribution in [0.25, 0.3) is 0 Å². The fraction of sp³-hybridized carbons (Fsp3) is 0.471. The highest BCUT2D eigenvalue weighted by atomic mass is 16.1. The van der Waals surface area contributed by atoms with Gasteiger partial charge in [0, 0.05) is 64.8 Å². The zero-order valence-corrected chi connectivity index (χ0v) is 15.1. The average Bonchev–Trinajstić information content (AvgIpc) is 3.31. The van der Waals surface area contributed by atoms with Gasteiger partial charge in [0.1, 0.15) is 5.69 Å². The summed E-state index contributed by atoms with van der Waals surface area (Å²) in [6, 6.07) is 0. The van der Waals surface area contributed by atoms with Crippen molar-refractivity contribution in [1.82, 2.24) is 35.3 Å². The average molecular weight is 356 g/mol. The molecule has 0 aliphatic carbocycles. The molecular formula is C17H24N8O. The number of carbonyl (C=O) groups excluding carboxylic acids is 1. The van der Waals surface area contributed by atoms with Gasteiger partial charge in [0.25, 0.3) is 5.91 Å². The summed E-state index contributed by atoms with van der Waals surface area (Å²) < 4.78 is 1.84. The predicted molar refractivity (Wildman–Crippen MR) is 97.9 cm³/mol. The number of aromatic nitrogens is 4. The van der Waals surface area contributed by atoms with Crippen LogP contribution in [0.3, 0.4) is 0 Å². The van der Waals surface area contributed by atoms with Gasteiger partial charge >= 0.3 is 0 Å². The molecule has 1 saturated heterocycles. The van der Waals surface area contributed by atoms with Gasteiger partial charge in [-0.05, 0) is 12.0 Å². The smallest absolute Gasteiger partial charge is 0.271 e. The lowest BCUT2D eigenvalue weighted by molar-refractivity contribution is 0.0949. The monoisotopic (exact) mass is 356 g/mol. The number of carbonyl (C=O) groups is 1. The molecule has 1 aliphatic heterocycles. The molecule has 1 amide bonds. The molecule has 3 heterocycles. The minimum Gasteiger partial charge on any atom is -0.354 e. The van der Waals surface area contributed by atoms with E-state index in [1.807, 2.05) is 17.9 Å². The van der Waals surface area contributed by atoms with Crippen LogP contribution in [0.1, 0.15) is 28.4 Å². The topological polar surface area (TPSA) is 100 Å². The van der Waals surface area contributed by atoms with Gasteiger partial charge in [-0.25, -0.2) is 4.98 Å². The Labute approximate surface area is 152 Å². The Balaban J connectivity index is 1.43. The second kappa shape index (κ2) is 8.41. The number of aliphatic imine (C=N–C) groups is 1. The first kappa shape index (κ1) is 17.8. The highest BCUT2D eigenvalue weighted by molar-refractivity contribution is 5.91. The first-order valence-corrected chi connectivity index (χ1v) is 8.65. The number of nitrogens with zero attached hydrogens (tertiary/aromatic N) is 6. The van der Waals surface area contributed by atoms with Crippen LogP contribution in [0.4, 0.5) is 0 Å². The van der Waals surface area contributed by atoms with Crippen molar-refractivity contribution in [1.29, 1.82) is 0 Å². The third kappa shape index (κ3) is 4.35. The molecular weight excluding hydrogens is 332 g/mol. The number of aryl methyl sites for hydroxylation is 1. The molecule has 0 spiro atoms. The predicted octanol–water partition coefficient (Wildman–Crippen LogP) is 0.00480. The summed E-state index contributed by atoms with van der Waals surface area (Å²) in [5, 5.41) is 10.4. The van der Waals surface area contributed by atoms with E-state index >= 15 is 0 Å². The van der Waals surface area contributed by atoms with Gasteiger partial charge in [-0.1, -0.05) is 0 Å². The number of amides is 1. The molecule has 1 fully saturated rings. The van der Waals surface area contributed by atoms with Crippen LogP contribution in [0.5, 0.6) is 0 Å². The molecule has 2 aromatic rings. The summed E-state index contributed by atoms with van der Waals surface area (Å²) in [7, 11) is 3.71. The van der Waals surface area contributed by atoms with Gasteiger partial charge in [-0.3, -0.25) is 19.5 Å². The largest absolute Gasteiger partial charge is 0.354 e. The van der Waals surface area contributed by atoms with Gasteiger partial charge in [-0.15, -0.1) is 0 Å². The molecule has 9 nitrogen and oxygen atoms in total. The lowest BCUT2D eigenvalue weighted by atomic mass is 10.0. The normalized spacial score (nSPS) is 17.4. The third-order valence-corrected chi connectivity index (χ3v) is 4.39. The Kier molecular flexibility index (Phi) is 5.77. The van der Waals surface area contributed by atoms with Crippen molar-refractivity contribution in [3.8, 4) is 0 Å². The molecule has 1 aliphatic rings. The van der Waals surface area contributed by atoms with E-state index in [9.17, 15) is 4.79 Å². The highest BCUT2D eigenvalue weighted by Crippen LogP contribution is 2.26. The number of nitrogens with one attached hydrogen (secondary N) is 2. The van der Waals surface area contributed by atoms with Crippen molar-refractivity contribution in [2.45, 2.75) is 12.3 Å². The first-order valence-electron chi connectivity index (χ1n) is 8.65. The summed E-state index contributed by atoms with van der Waals surface area (Å²) >= 11 is 0. The number of hydrogen-bond acceptors (Lipinski definition) is 5. The Morgan fingerprint density at radius 3 is 2.85 bits per heavy atom. The van der Waals surface area contributed by atoms with Crippen molar-refractivity contribution in [2.75, 3.05) is 33.2 Å². The van der Waals surface area contributed by atoms with Crippen LogP contribution in [-0.4, -0.2) is 69.7 Å². The summed E-state index contributed by atoms with van der Waals surface area (Å²) in [5.41, 5.74) is 1.58. The van der Waals surface area contributed by atoms with Gasteiger partial charge in [0.2, 0.25) is 0 Å². The Morgan fingerprint density at radius 2 is 2.15 bits per heavy atom. The highest BCUT2D eigenvalue weighted by Gasteiger charge is 2.26. The lowest BCUT2D eigenvalue weighted by Crippen LogP contribution is -2.43. The Bertz CT molecular complexity index is 757. The second-order valence-corrected chi connectivity index (χ2v) is 6.20. The van der Waals surface area contributed by atoms with E-state index in [2.05, 4.69) is 41.8 Å². The molecule has 2 N–H and O–H groups in total. The summed E-state index contributed by atoms with van der Waals surface area (Å²) in [5.74, 6) is 1.09. The van der Waals surface area contributed by atoms with Crippen molar-refractivity contribution < 1.29 is 4.79 Å². The molecule has 0 saturated carbocycles. The molecule has 0 bridgehead atoms. The standard InChI is InChI=1S/C17H24N8O/c1-18-17(22-7-6-21-16(26)15-10-19-4-5-20-15)25-8-3-13(12-25)14-9-23-24(2)11-14/h4-5,9-11,13H,3,6-8,12H2,1-2H3,(H,18,22)(H,21,26). The minimum atomic E-state index is -0.229. The van der Waals surface area contributed by atoms with Crippen LogP contribution in [0, 0.1) is 0 Å². The zero-order chi connectivity index (χ0) is 18.4. The zero-order valence-electron chi connectivity index (χ0n) is 15.1. The molecule has 0 aromatic carbocycles. The summed E-state index contributed by atoms with van der Waals surface area (Å²) in [6.45, 7) is 2.93. The van der Waals surface area contributed by atoms with Crippen molar-refractivity contribution >= 4 is 11.9 Å². The fourth-order valence-corrected chi connectivity index (χ4v) is 3.07. The maximum Gasteiger partial charge on any atom is 0.271 e. The van der Waals surface area contributed by atoms with Crippen molar-refractivity contribution in [3.05, 3.63) is 42.2 Å². The minimum absolute atomic E-state index is 0.229. The van der Waals surface area contributed by atoms with E-state index in [-0.39, 0.29) is 5.91 Å². The molecule has 2 aromatic heterocycles. The quantitative estimate of drug-likeness (QED) is 0.445. The molecule has 1 unspecified atom stereocenters. The number of rotatable bonds is 5. The molecule has 0 radical (unpaired) electrons. The maximum absolute atomic E-state index is 11.9. The van der Waals surface area contributed by atoms with Crippen LogP contribution < -0.4 is 10.6 Å². The maximum atomic E-state index is 11.9. The molecule has 1 atom stereocenters. The molecule has 138 valence electrons. The van der Waals surface area contributed by atoms with Crippen LogP contribution in [0.15, 0.2) is 36.0 Å². The number of likely N-dealkylation sites (tertiary alicyclic amines) is 1. The molecule has 26 heavy (non-hydrogen) atoms. The second-order valence-electron chi connectivity index (χ2n) is 6.20. The SMILES string of the molecule is CN=C(NCCNC(=O)c1cnccn1)N1CCC(c2cnn(C)c2)C1. The van der Waals surface area contributed by atoms with Crippen LogP contribution >= 0.6 is 0 Å². The Morgan fingerprint density at radius 1 is 1.31 bits per heavy atom. The van der Waals surface area contributed by atoms with E-state index in [4.69, 9.17) is 0 Å². The first-order chi connectivity index (χ1) is 12.7. The van der Waals surface area contributed by atoms with Gasteiger partial charge in [0.05, 0.1) is 12.4 Å². The molecule has 9 heteroatoms. The summed E-state index contributed by atoms with van der Waals surface area (Å²) in [6.07, 6.45) is 9.58. The van der Waals surface area contributed by atoms with Gasteiger partial charge in [0.15, 0.2) is 5.96 Å². The van der Waals surface area contributed by atoms with E-state index in [0.717, 1.165) is 25.5 Å². The van der Waals surface area contributed by atoms with Crippen molar-refractivity contribution in [3.63, 3.8) is 0 Å². The lowest BCUT2D eigenvalue weighted by Gasteiger charge is -2.21. The Hall–Kier alpha value is -2.97. The van der Waals surface area contributed by atoms with Gasteiger partial charge < -0.3 is 15.5 Å². The van der Waals surface area contributed by atoms with E-state index in [1.54, 1.807) is 7.05 Å². The number of hydrogen-bond donors (Lipinski definition) is 2. The van der Waals surface area contributed by atoms with E-state index in [0.29, 0.717) is 24.7 Å². The van der Waals surface area contributed by atoms with E-state index in [1.165, 1.54) is 24.2 Å². The van der Waals surface area contributed by atoms with Gasteiger partial charge in [-0.2, -0.15) is 5.10 Å².